The van der Waals surface area contributed by atoms with Gasteiger partial charge in [-0.1, -0.05) is 23.2 Å². The van der Waals surface area contributed by atoms with Crippen LogP contribution in [0.25, 0.3) is 11.1 Å². The predicted octanol–water partition coefficient (Wildman–Crippen LogP) is 5.46. The number of nitrogens with zero attached hydrogens (tertiary/aromatic N) is 5. The van der Waals surface area contributed by atoms with Crippen LogP contribution in [-0.2, 0) is 9.59 Å². The Hall–Kier alpha value is -3.41. The molecule has 10 nitrogen and oxygen atoms in total. The predicted molar refractivity (Wildman–Crippen MR) is 159 cm³/mol. The van der Waals surface area contributed by atoms with Crippen LogP contribution in [0.2, 0.25) is 10.0 Å². The first kappa shape index (κ1) is 31.5. The van der Waals surface area contributed by atoms with Gasteiger partial charge < -0.3 is 20.5 Å². The number of aliphatic carboxylic acids is 1. The van der Waals surface area contributed by atoms with Crippen molar-refractivity contribution in [2.45, 2.75) is 51.7 Å². The minimum atomic E-state index is -0.833. The molecule has 1 amide bonds. The highest BCUT2D eigenvalue weighted by Gasteiger charge is 2.26. The number of amides is 1. The van der Waals surface area contributed by atoms with Crippen molar-refractivity contribution in [2.24, 2.45) is 0 Å². The van der Waals surface area contributed by atoms with Gasteiger partial charge in [-0.3, -0.25) is 19.2 Å². The van der Waals surface area contributed by atoms with Crippen LogP contribution < -0.4 is 10.5 Å². The number of nitrogens with two attached hydrogens (primary N) is 1. The van der Waals surface area contributed by atoms with Crippen LogP contribution in [0.1, 0.15) is 57.2 Å². The number of carboxylic acids is 1. The second-order valence-electron chi connectivity index (χ2n) is 10.4. The molecular formula is C29H35Cl2FN6O4. The molecule has 0 aliphatic carbocycles. The third-order valence-corrected chi connectivity index (χ3v) is 8.07. The number of carboxylic acid groups (broad SMARTS) is 1. The fourth-order valence-electron chi connectivity index (χ4n) is 5.17. The Labute approximate surface area is 254 Å². The van der Waals surface area contributed by atoms with Crippen LogP contribution >= 0.6 is 23.2 Å². The standard InChI is InChI=1S/C27H31Cl2FN6O2.C2H4O2/c1-17(25-21(28)4-5-22(30)26(25)29)38-23-12-18(13-32-27(23)31)19-14-33-36(15-19)20-6-10-35(11-7-20)24(37)16-34-8-2-3-9-34;1-2(3)4/h4-5,12-15,17,20H,2-3,6-11,16H2,1H3,(H2,31,32);1H3,(H,3,4). The fraction of sp³-hybridized carbons (Fsp3) is 0.448. The van der Waals surface area contributed by atoms with E-state index < -0.39 is 17.9 Å². The molecule has 1 unspecified atom stereocenters. The van der Waals surface area contributed by atoms with Crippen molar-refractivity contribution in [3.05, 3.63) is 58.2 Å². The Kier molecular flexibility index (Phi) is 10.6. The van der Waals surface area contributed by atoms with Crippen LogP contribution in [0.3, 0.4) is 0 Å². The molecule has 2 aliphatic heterocycles. The average Bonchev–Trinajstić information content (AvgIpc) is 3.65. The quantitative estimate of drug-likeness (QED) is 0.333. The molecule has 0 spiro atoms. The monoisotopic (exact) mass is 620 g/mol. The summed E-state index contributed by atoms with van der Waals surface area (Å²) in [6, 6.07) is 4.65. The van der Waals surface area contributed by atoms with Crippen molar-refractivity contribution in [3.63, 3.8) is 0 Å². The molecule has 2 aliphatic rings. The average molecular weight is 622 g/mol. The van der Waals surface area contributed by atoms with Crippen LogP contribution in [0, 0.1) is 5.82 Å². The van der Waals surface area contributed by atoms with Gasteiger partial charge in [0, 0.05) is 54.1 Å². The summed E-state index contributed by atoms with van der Waals surface area (Å²) >= 11 is 12.4. The van der Waals surface area contributed by atoms with Crippen LogP contribution in [0.4, 0.5) is 10.2 Å². The minimum Gasteiger partial charge on any atom is -0.482 e. The van der Waals surface area contributed by atoms with Crippen LogP contribution in [-0.4, -0.2) is 74.3 Å². The van der Waals surface area contributed by atoms with Gasteiger partial charge in [-0.05, 0) is 63.9 Å². The van der Waals surface area contributed by atoms with E-state index in [2.05, 4.69) is 15.0 Å². The molecule has 2 aromatic heterocycles. The number of ether oxygens (including phenoxy) is 1. The van der Waals surface area contributed by atoms with Gasteiger partial charge in [0.25, 0.3) is 5.97 Å². The largest absolute Gasteiger partial charge is 0.482 e. The topological polar surface area (TPSA) is 127 Å². The number of aromatic nitrogens is 3. The lowest BCUT2D eigenvalue weighted by Crippen LogP contribution is -2.44. The molecular weight excluding hydrogens is 586 g/mol. The second-order valence-corrected chi connectivity index (χ2v) is 11.2. The highest BCUT2D eigenvalue weighted by atomic mass is 35.5. The molecule has 0 bridgehead atoms. The molecule has 226 valence electrons. The van der Waals surface area contributed by atoms with E-state index in [-0.39, 0.29) is 22.8 Å². The smallest absolute Gasteiger partial charge is 0.300 e. The molecule has 42 heavy (non-hydrogen) atoms. The summed E-state index contributed by atoms with van der Waals surface area (Å²) < 4.78 is 22.0. The van der Waals surface area contributed by atoms with Gasteiger partial charge in [-0.2, -0.15) is 5.10 Å². The molecule has 2 saturated heterocycles. The Morgan fingerprint density at radius 1 is 1.14 bits per heavy atom. The number of carbonyl (C=O) groups is 2. The summed E-state index contributed by atoms with van der Waals surface area (Å²) in [5.41, 5.74) is 8.07. The third-order valence-electron chi connectivity index (χ3n) is 7.36. The molecule has 1 aromatic carbocycles. The van der Waals surface area contributed by atoms with E-state index >= 15 is 0 Å². The first-order valence-corrected chi connectivity index (χ1v) is 14.6. The molecule has 0 radical (unpaired) electrons. The molecule has 4 heterocycles. The number of nitrogen functional groups attached to an aromatic ring is 1. The van der Waals surface area contributed by atoms with E-state index in [1.165, 1.54) is 25.0 Å². The Morgan fingerprint density at radius 3 is 2.48 bits per heavy atom. The normalized spacial score (nSPS) is 16.5. The number of anilines is 1. The maximum atomic E-state index is 14.0. The molecule has 1 atom stereocenters. The highest BCUT2D eigenvalue weighted by molar-refractivity contribution is 6.36. The number of pyridine rings is 1. The van der Waals surface area contributed by atoms with E-state index in [1.54, 1.807) is 25.4 Å². The number of halogens is 3. The van der Waals surface area contributed by atoms with Crippen molar-refractivity contribution < 1.29 is 23.8 Å². The van der Waals surface area contributed by atoms with Crippen molar-refractivity contribution in [1.29, 1.82) is 0 Å². The van der Waals surface area contributed by atoms with Gasteiger partial charge in [-0.15, -0.1) is 0 Å². The molecule has 13 heteroatoms. The lowest BCUT2D eigenvalue weighted by Gasteiger charge is -2.33. The van der Waals surface area contributed by atoms with E-state index in [9.17, 15) is 9.18 Å². The zero-order valence-electron chi connectivity index (χ0n) is 23.6. The number of carbonyl (C=O) groups excluding carboxylic acids is 1. The zero-order chi connectivity index (χ0) is 30.4. The van der Waals surface area contributed by atoms with Gasteiger partial charge >= 0.3 is 0 Å². The van der Waals surface area contributed by atoms with Crippen molar-refractivity contribution in [1.82, 2.24) is 24.6 Å². The summed E-state index contributed by atoms with van der Waals surface area (Å²) in [5.74, 6) is -0.649. The summed E-state index contributed by atoms with van der Waals surface area (Å²) in [5, 5.41) is 12.2. The van der Waals surface area contributed by atoms with Gasteiger partial charge in [0.05, 0.1) is 23.8 Å². The third kappa shape index (κ3) is 7.90. The van der Waals surface area contributed by atoms with Crippen LogP contribution in [0.5, 0.6) is 5.75 Å². The second kappa shape index (κ2) is 14.2. The number of piperidine rings is 1. The van der Waals surface area contributed by atoms with Crippen molar-refractivity contribution >= 4 is 40.9 Å². The SMILES string of the molecule is CC(=O)O.CC(Oc1cc(-c2cnn(C3CCN(C(=O)CN4CCCC4)CC3)c2)cnc1N)c1c(Cl)ccc(F)c1Cl. The van der Waals surface area contributed by atoms with E-state index in [0.29, 0.717) is 22.9 Å². The fourth-order valence-corrected chi connectivity index (χ4v) is 5.85. The molecule has 5 rings (SSSR count). The lowest BCUT2D eigenvalue weighted by atomic mass is 10.0. The minimum absolute atomic E-state index is 0.0854. The first-order valence-electron chi connectivity index (χ1n) is 13.8. The highest BCUT2D eigenvalue weighted by Crippen LogP contribution is 2.37. The molecule has 3 N–H and O–H groups in total. The molecule has 2 fully saturated rings. The summed E-state index contributed by atoms with van der Waals surface area (Å²) in [6.07, 6.45) is 8.84. The number of rotatable bonds is 7. The van der Waals surface area contributed by atoms with Crippen molar-refractivity contribution in [2.75, 3.05) is 38.5 Å². The number of hydrogen-bond acceptors (Lipinski definition) is 7. The Bertz CT molecular complexity index is 1400. The maximum absolute atomic E-state index is 14.0. The van der Waals surface area contributed by atoms with Crippen molar-refractivity contribution in [3.8, 4) is 16.9 Å². The molecule has 3 aromatic rings. The zero-order valence-corrected chi connectivity index (χ0v) is 25.1. The van der Waals surface area contributed by atoms with Gasteiger partial charge in [0.15, 0.2) is 11.6 Å². The van der Waals surface area contributed by atoms with Gasteiger partial charge in [0.1, 0.15) is 11.9 Å². The Balaban J connectivity index is 0.000000952. The van der Waals surface area contributed by atoms with Gasteiger partial charge in [0.2, 0.25) is 5.91 Å². The lowest BCUT2D eigenvalue weighted by molar-refractivity contribution is -0.135. The van der Waals surface area contributed by atoms with E-state index in [1.807, 2.05) is 15.8 Å². The number of benzene rings is 1. The molecule has 0 saturated carbocycles. The number of hydrogen-bond donors (Lipinski definition) is 2. The summed E-state index contributed by atoms with van der Waals surface area (Å²) in [7, 11) is 0. The van der Waals surface area contributed by atoms with Gasteiger partial charge in [-0.25, -0.2) is 9.37 Å². The van der Waals surface area contributed by atoms with E-state index in [0.717, 1.165) is 57.1 Å². The summed E-state index contributed by atoms with van der Waals surface area (Å²) in [6.45, 7) is 6.85. The summed E-state index contributed by atoms with van der Waals surface area (Å²) in [4.78, 5) is 30.2. The van der Waals surface area contributed by atoms with E-state index in [4.69, 9.17) is 43.6 Å². The number of likely N-dealkylation sites (tertiary alicyclic amines) is 2. The van der Waals surface area contributed by atoms with Crippen LogP contribution in [0.15, 0.2) is 36.8 Å². The maximum Gasteiger partial charge on any atom is 0.300 e. The Morgan fingerprint density at radius 2 is 1.81 bits per heavy atom. The first-order chi connectivity index (χ1) is 20.0.